The van der Waals surface area contributed by atoms with Gasteiger partial charge in [0.2, 0.25) is 0 Å². The smallest absolute Gasteiger partial charge is 0.407 e. The maximum absolute atomic E-state index is 13.6. The van der Waals surface area contributed by atoms with Gasteiger partial charge in [-0.05, 0) is 61.7 Å². The number of carbonyl (C=O) groups is 3. The third kappa shape index (κ3) is 8.46. The molecule has 0 saturated carbocycles. The number of nitrogens with one attached hydrogen (secondary N) is 1. The van der Waals surface area contributed by atoms with E-state index in [1.165, 1.54) is 4.90 Å². The summed E-state index contributed by atoms with van der Waals surface area (Å²) >= 11 is 3.37. The van der Waals surface area contributed by atoms with Crippen molar-refractivity contribution in [3.05, 3.63) is 94.5 Å². The maximum atomic E-state index is 13.6. The number of hydrogen-bond acceptors (Lipinski definition) is 4. The number of alkyl carbamates (subject to hydrolysis) is 1. The lowest BCUT2D eigenvalue weighted by Gasteiger charge is -2.32. The molecule has 7 nitrogen and oxygen atoms in total. The Balaban J connectivity index is 1.91. The summed E-state index contributed by atoms with van der Waals surface area (Å²) in [4.78, 5) is 39.2. The minimum Gasteiger partial charge on any atom is -0.481 e. The molecule has 194 valence electrons. The Morgan fingerprint density at radius 1 is 0.919 bits per heavy atom. The van der Waals surface area contributed by atoms with E-state index in [0.717, 1.165) is 15.6 Å². The molecule has 3 rings (SSSR count). The third-order valence-corrected chi connectivity index (χ3v) is 6.05. The molecule has 0 aliphatic rings. The molecule has 2 N–H and O–H groups in total. The molecule has 0 aliphatic heterocycles. The molecule has 0 heterocycles. The molecule has 0 radical (unpaired) electrons. The Bertz CT molecular complexity index is 1210. The van der Waals surface area contributed by atoms with Gasteiger partial charge in [0.1, 0.15) is 5.60 Å². The molecule has 3 aromatic carbocycles. The molecule has 2 amide bonds. The van der Waals surface area contributed by atoms with Crippen LogP contribution in [0.1, 0.15) is 49.2 Å². The Hall–Kier alpha value is -3.65. The van der Waals surface area contributed by atoms with Crippen LogP contribution in [0, 0.1) is 0 Å². The van der Waals surface area contributed by atoms with Gasteiger partial charge in [-0.2, -0.15) is 0 Å². The van der Waals surface area contributed by atoms with E-state index < -0.39 is 23.7 Å². The van der Waals surface area contributed by atoms with Crippen LogP contribution in [0.2, 0.25) is 0 Å². The number of halogens is 1. The van der Waals surface area contributed by atoms with Crippen LogP contribution in [0.25, 0.3) is 11.1 Å². The second kappa shape index (κ2) is 12.5. The van der Waals surface area contributed by atoms with Crippen LogP contribution in [0.3, 0.4) is 0 Å². The lowest BCUT2D eigenvalue weighted by atomic mass is 9.97. The van der Waals surface area contributed by atoms with E-state index in [0.29, 0.717) is 11.1 Å². The Labute approximate surface area is 225 Å². The predicted octanol–water partition coefficient (Wildman–Crippen LogP) is 6.30. The molecular formula is C29H31BrN2O5. The standard InChI is InChI=1S/C29H31BrN2O5/c1-29(2,3)37-28(36)31-17-18-32(27(35)23-13-15-24(30)16-14-23)25(19-26(33)34)22-11-9-21(10-12-22)20-7-5-4-6-8-20/h4-16,25H,17-19H2,1-3H3,(H,31,36)(H,33,34). The number of amides is 2. The predicted molar refractivity (Wildman–Crippen MR) is 146 cm³/mol. The molecule has 3 aromatic rings. The SMILES string of the molecule is CC(C)(C)OC(=O)NCCN(C(=O)c1ccc(Br)cc1)C(CC(=O)O)c1ccc(-c2ccccc2)cc1. The molecule has 1 atom stereocenters. The Kier molecular flexibility index (Phi) is 9.47. The zero-order valence-corrected chi connectivity index (χ0v) is 22.7. The number of hydrogen-bond donors (Lipinski definition) is 2. The average Bonchev–Trinajstić information content (AvgIpc) is 2.85. The molecule has 0 aliphatic carbocycles. The first-order valence-corrected chi connectivity index (χ1v) is 12.7. The fourth-order valence-electron chi connectivity index (χ4n) is 3.85. The van der Waals surface area contributed by atoms with E-state index in [1.807, 2.05) is 54.6 Å². The van der Waals surface area contributed by atoms with Crippen molar-refractivity contribution in [1.29, 1.82) is 0 Å². The molecule has 8 heteroatoms. The van der Waals surface area contributed by atoms with Gasteiger partial charge in [-0.15, -0.1) is 0 Å². The van der Waals surface area contributed by atoms with Crippen molar-refractivity contribution < 1.29 is 24.2 Å². The summed E-state index contributed by atoms with van der Waals surface area (Å²) < 4.78 is 6.11. The van der Waals surface area contributed by atoms with Crippen LogP contribution in [-0.4, -0.2) is 46.7 Å². The van der Waals surface area contributed by atoms with Gasteiger partial charge in [-0.3, -0.25) is 9.59 Å². The zero-order valence-electron chi connectivity index (χ0n) is 21.1. The minimum atomic E-state index is -1.04. The number of carbonyl (C=O) groups excluding carboxylic acids is 2. The summed E-state index contributed by atoms with van der Waals surface area (Å²) in [5, 5.41) is 12.4. The monoisotopic (exact) mass is 566 g/mol. The second-order valence-corrected chi connectivity index (χ2v) is 10.5. The van der Waals surface area contributed by atoms with Crippen molar-refractivity contribution in [3.63, 3.8) is 0 Å². The lowest BCUT2D eigenvalue weighted by molar-refractivity contribution is -0.138. The fourth-order valence-corrected chi connectivity index (χ4v) is 4.12. The molecule has 37 heavy (non-hydrogen) atoms. The highest BCUT2D eigenvalue weighted by Gasteiger charge is 2.28. The van der Waals surface area contributed by atoms with E-state index in [4.69, 9.17) is 4.74 Å². The van der Waals surface area contributed by atoms with E-state index in [1.54, 1.807) is 45.0 Å². The van der Waals surface area contributed by atoms with Crippen LogP contribution in [0.5, 0.6) is 0 Å². The van der Waals surface area contributed by atoms with Crippen molar-refractivity contribution in [3.8, 4) is 11.1 Å². The highest BCUT2D eigenvalue weighted by Crippen LogP contribution is 2.29. The Morgan fingerprint density at radius 3 is 2.08 bits per heavy atom. The first kappa shape index (κ1) is 27.9. The molecule has 1 unspecified atom stereocenters. The number of rotatable bonds is 9. The van der Waals surface area contributed by atoms with Gasteiger partial charge in [0.15, 0.2) is 0 Å². The van der Waals surface area contributed by atoms with Gasteiger partial charge in [0, 0.05) is 23.1 Å². The highest BCUT2D eigenvalue weighted by molar-refractivity contribution is 9.10. The second-order valence-electron chi connectivity index (χ2n) is 9.54. The topological polar surface area (TPSA) is 95.9 Å². The summed E-state index contributed by atoms with van der Waals surface area (Å²) in [5.41, 5.74) is 2.45. The van der Waals surface area contributed by atoms with Crippen molar-refractivity contribution >= 4 is 33.9 Å². The number of nitrogens with zero attached hydrogens (tertiary/aromatic N) is 1. The number of benzene rings is 3. The van der Waals surface area contributed by atoms with Gasteiger partial charge in [0.25, 0.3) is 5.91 Å². The van der Waals surface area contributed by atoms with Gasteiger partial charge in [0.05, 0.1) is 12.5 Å². The molecule has 0 spiro atoms. The highest BCUT2D eigenvalue weighted by atomic mass is 79.9. The van der Waals surface area contributed by atoms with E-state index in [2.05, 4.69) is 21.2 Å². The fraction of sp³-hybridized carbons (Fsp3) is 0.276. The van der Waals surface area contributed by atoms with Gasteiger partial charge >= 0.3 is 12.1 Å². The molecular weight excluding hydrogens is 536 g/mol. The number of carboxylic acid groups (broad SMARTS) is 1. The minimum absolute atomic E-state index is 0.0898. The van der Waals surface area contributed by atoms with Crippen molar-refractivity contribution in [2.45, 2.75) is 38.8 Å². The number of aliphatic carboxylic acids is 1. The zero-order chi connectivity index (χ0) is 27.0. The van der Waals surface area contributed by atoms with Crippen LogP contribution >= 0.6 is 15.9 Å². The van der Waals surface area contributed by atoms with Crippen molar-refractivity contribution in [2.75, 3.05) is 13.1 Å². The third-order valence-electron chi connectivity index (χ3n) is 5.52. The molecule has 0 fully saturated rings. The lowest BCUT2D eigenvalue weighted by Crippen LogP contribution is -2.42. The summed E-state index contributed by atoms with van der Waals surface area (Å²) in [7, 11) is 0. The van der Waals surface area contributed by atoms with Crippen LogP contribution in [-0.2, 0) is 9.53 Å². The summed E-state index contributed by atoms with van der Waals surface area (Å²) in [6, 6.07) is 23.5. The van der Waals surface area contributed by atoms with Crippen molar-refractivity contribution in [1.82, 2.24) is 10.2 Å². The normalized spacial score (nSPS) is 11.9. The maximum Gasteiger partial charge on any atom is 0.407 e. The molecule has 0 aromatic heterocycles. The first-order chi connectivity index (χ1) is 17.5. The van der Waals surface area contributed by atoms with E-state index >= 15 is 0 Å². The quantitative estimate of drug-likeness (QED) is 0.317. The number of ether oxygens (including phenoxy) is 1. The van der Waals surface area contributed by atoms with E-state index in [9.17, 15) is 19.5 Å². The molecule has 0 saturated heterocycles. The average molecular weight is 567 g/mol. The largest absolute Gasteiger partial charge is 0.481 e. The van der Waals surface area contributed by atoms with Gasteiger partial charge < -0.3 is 20.1 Å². The summed E-state index contributed by atoms with van der Waals surface area (Å²) in [5.74, 6) is -1.37. The van der Waals surface area contributed by atoms with E-state index in [-0.39, 0.29) is 25.4 Å². The first-order valence-electron chi connectivity index (χ1n) is 11.9. The van der Waals surface area contributed by atoms with Crippen LogP contribution in [0.15, 0.2) is 83.3 Å². The van der Waals surface area contributed by atoms with Crippen LogP contribution < -0.4 is 5.32 Å². The van der Waals surface area contributed by atoms with Crippen molar-refractivity contribution in [2.24, 2.45) is 0 Å². The van der Waals surface area contributed by atoms with Gasteiger partial charge in [-0.1, -0.05) is 70.5 Å². The molecule has 0 bridgehead atoms. The van der Waals surface area contributed by atoms with Gasteiger partial charge in [-0.25, -0.2) is 4.79 Å². The summed E-state index contributed by atoms with van der Waals surface area (Å²) in [6.45, 7) is 5.47. The summed E-state index contributed by atoms with van der Waals surface area (Å²) in [6.07, 6.45) is -0.898. The van der Waals surface area contributed by atoms with Crippen LogP contribution in [0.4, 0.5) is 4.79 Å². The number of carboxylic acids is 1. The Morgan fingerprint density at radius 2 is 1.51 bits per heavy atom.